The first-order chi connectivity index (χ1) is 15.4. The van der Waals surface area contributed by atoms with Crippen LogP contribution < -0.4 is 27.2 Å². The summed E-state index contributed by atoms with van der Waals surface area (Å²) in [5, 5.41) is 8.89. The van der Waals surface area contributed by atoms with Crippen molar-refractivity contribution in [1.29, 1.82) is 0 Å². The van der Waals surface area contributed by atoms with Crippen LogP contribution in [0.25, 0.3) is 16.6 Å². The highest BCUT2D eigenvalue weighted by Crippen LogP contribution is 2.21. The molecule has 0 radical (unpaired) electrons. The number of nitrogens with zero attached hydrogens (tertiary/aromatic N) is 1. The number of H-pyrrole nitrogens is 1. The molecule has 0 unspecified atom stereocenters. The van der Waals surface area contributed by atoms with E-state index in [2.05, 4.69) is 20.9 Å². The van der Waals surface area contributed by atoms with Crippen LogP contribution in [0.5, 0.6) is 0 Å². The molecule has 4 aromatic rings. The number of anilines is 2. The van der Waals surface area contributed by atoms with Gasteiger partial charge in [-0.1, -0.05) is 11.6 Å². The van der Waals surface area contributed by atoms with Crippen molar-refractivity contribution >= 4 is 51.2 Å². The number of nitrogens with one attached hydrogen (secondary N) is 4. The maximum Gasteiger partial charge on any atom is 0.333 e. The molecule has 0 saturated heterocycles. The molecule has 0 bridgehead atoms. The SMILES string of the molecule is CNc1ccc2c(=O)n(-c3ccc(NC(=O)NCc4ccc(Cl)s4)cc3C)c(=O)[nH]c2c1. The minimum absolute atomic E-state index is 0.359. The highest BCUT2D eigenvalue weighted by molar-refractivity contribution is 7.16. The molecule has 10 heteroatoms. The smallest absolute Gasteiger partial charge is 0.333 e. The molecule has 0 fully saturated rings. The lowest BCUT2D eigenvalue weighted by Crippen LogP contribution is -2.34. The molecular formula is C22H20ClN5O3S. The molecule has 4 rings (SSSR count). The standard InChI is InChI=1S/C22H20ClN5O3S/c1-12-9-14(26-21(30)25-11-15-5-8-19(23)32-15)4-7-18(12)28-20(29)16-6-3-13(24-2)10-17(16)27-22(28)31/h3-10,24H,11H2,1-2H3,(H,27,31)(H2,25,26,30). The molecule has 0 spiro atoms. The molecule has 2 aromatic carbocycles. The van der Waals surface area contributed by atoms with Gasteiger partial charge in [-0.25, -0.2) is 14.2 Å². The van der Waals surface area contributed by atoms with E-state index in [-0.39, 0.29) is 6.03 Å². The predicted molar refractivity (Wildman–Crippen MR) is 130 cm³/mol. The summed E-state index contributed by atoms with van der Waals surface area (Å²) in [5.41, 5.74) is 1.94. The Bertz CT molecular complexity index is 1440. The molecule has 0 atom stereocenters. The van der Waals surface area contributed by atoms with Crippen LogP contribution in [0.3, 0.4) is 0 Å². The van der Waals surface area contributed by atoms with Crippen molar-refractivity contribution in [2.45, 2.75) is 13.5 Å². The second kappa shape index (κ2) is 8.89. The highest BCUT2D eigenvalue weighted by Gasteiger charge is 2.13. The second-order valence-corrected chi connectivity index (χ2v) is 8.90. The van der Waals surface area contributed by atoms with Crippen LogP contribution >= 0.6 is 22.9 Å². The Labute approximate surface area is 191 Å². The maximum atomic E-state index is 13.0. The van der Waals surface area contributed by atoms with Gasteiger partial charge < -0.3 is 20.9 Å². The molecule has 2 aromatic heterocycles. The van der Waals surface area contributed by atoms with Gasteiger partial charge in [0.2, 0.25) is 0 Å². The minimum atomic E-state index is -0.535. The molecule has 2 heterocycles. The number of aromatic amines is 1. The Morgan fingerprint density at radius 2 is 1.88 bits per heavy atom. The molecule has 8 nitrogen and oxygen atoms in total. The van der Waals surface area contributed by atoms with Crippen LogP contribution in [0.15, 0.2) is 58.1 Å². The van der Waals surface area contributed by atoms with Gasteiger partial charge in [0.1, 0.15) is 0 Å². The van der Waals surface area contributed by atoms with Gasteiger partial charge in [-0.05, 0) is 61.0 Å². The molecule has 0 saturated carbocycles. The minimum Gasteiger partial charge on any atom is -0.388 e. The molecular weight excluding hydrogens is 450 g/mol. The summed E-state index contributed by atoms with van der Waals surface area (Å²) in [5.74, 6) is 0. The van der Waals surface area contributed by atoms with E-state index < -0.39 is 11.2 Å². The van der Waals surface area contributed by atoms with E-state index >= 15 is 0 Å². The third-order valence-corrected chi connectivity index (χ3v) is 6.17. The van der Waals surface area contributed by atoms with Gasteiger partial charge in [0.05, 0.1) is 27.5 Å². The number of aryl methyl sites for hydroxylation is 1. The Hall–Kier alpha value is -3.56. The summed E-state index contributed by atoms with van der Waals surface area (Å²) >= 11 is 7.29. The summed E-state index contributed by atoms with van der Waals surface area (Å²) in [6.45, 7) is 2.13. The number of thiophene rings is 1. The summed E-state index contributed by atoms with van der Waals surface area (Å²) < 4.78 is 1.76. The number of rotatable bonds is 5. The van der Waals surface area contributed by atoms with Crippen LogP contribution in [0.4, 0.5) is 16.2 Å². The van der Waals surface area contributed by atoms with Crippen molar-refractivity contribution in [1.82, 2.24) is 14.9 Å². The quantitative estimate of drug-likeness (QED) is 0.353. The lowest BCUT2D eigenvalue weighted by atomic mass is 10.1. The summed E-state index contributed by atoms with van der Waals surface area (Å²) in [6.07, 6.45) is 0. The number of carbonyl (C=O) groups excluding carboxylic acids is 1. The number of carbonyl (C=O) groups is 1. The Morgan fingerprint density at radius 1 is 1.09 bits per heavy atom. The number of amides is 2. The molecule has 0 aliphatic rings. The predicted octanol–water partition coefficient (Wildman–Crippen LogP) is 4.07. The lowest BCUT2D eigenvalue weighted by Gasteiger charge is -2.12. The average molecular weight is 470 g/mol. The molecule has 2 amide bonds. The molecule has 4 N–H and O–H groups in total. The normalized spacial score (nSPS) is 10.8. The van der Waals surface area contributed by atoms with Gasteiger partial charge in [0, 0.05) is 23.3 Å². The number of fused-ring (bicyclic) bond motifs is 1. The average Bonchev–Trinajstić information content (AvgIpc) is 3.18. The van der Waals surface area contributed by atoms with Crippen LogP contribution in [0.1, 0.15) is 10.4 Å². The van der Waals surface area contributed by atoms with E-state index in [0.717, 1.165) is 15.1 Å². The monoisotopic (exact) mass is 469 g/mol. The van der Waals surface area contributed by atoms with Gasteiger partial charge in [-0.2, -0.15) is 0 Å². The van der Waals surface area contributed by atoms with E-state index in [1.807, 2.05) is 6.07 Å². The number of benzene rings is 2. The number of halogens is 1. The first-order valence-corrected chi connectivity index (χ1v) is 10.9. The third kappa shape index (κ3) is 4.39. The molecule has 0 aliphatic heterocycles. The van der Waals surface area contributed by atoms with Crippen molar-refractivity contribution < 1.29 is 4.79 Å². The van der Waals surface area contributed by atoms with E-state index in [0.29, 0.717) is 38.7 Å². The van der Waals surface area contributed by atoms with E-state index in [1.165, 1.54) is 11.3 Å². The maximum absolute atomic E-state index is 13.0. The summed E-state index contributed by atoms with van der Waals surface area (Å²) in [6, 6.07) is 13.4. The van der Waals surface area contributed by atoms with E-state index in [4.69, 9.17) is 11.6 Å². The number of hydrogen-bond acceptors (Lipinski definition) is 5. The van der Waals surface area contributed by atoms with Crippen LogP contribution in [0.2, 0.25) is 4.34 Å². The Morgan fingerprint density at radius 3 is 2.56 bits per heavy atom. The van der Waals surface area contributed by atoms with Gasteiger partial charge in [0.15, 0.2) is 0 Å². The zero-order valence-electron chi connectivity index (χ0n) is 17.3. The molecule has 0 aliphatic carbocycles. The summed E-state index contributed by atoms with van der Waals surface area (Å²) in [7, 11) is 1.76. The number of aromatic nitrogens is 2. The fourth-order valence-corrected chi connectivity index (χ4v) is 4.39. The van der Waals surface area contributed by atoms with Crippen molar-refractivity contribution in [3.63, 3.8) is 0 Å². The largest absolute Gasteiger partial charge is 0.388 e. The topological polar surface area (TPSA) is 108 Å². The Balaban J connectivity index is 1.58. The second-order valence-electron chi connectivity index (χ2n) is 7.10. The van der Waals surface area contributed by atoms with Crippen LogP contribution in [-0.2, 0) is 6.54 Å². The van der Waals surface area contributed by atoms with Gasteiger partial charge in [-0.3, -0.25) is 4.79 Å². The van der Waals surface area contributed by atoms with Gasteiger partial charge >= 0.3 is 11.7 Å². The zero-order valence-corrected chi connectivity index (χ0v) is 18.9. The molecule has 32 heavy (non-hydrogen) atoms. The van der Waals surface area contributed by atoms with Crippen molar-refractivity contribution in [3.8, 4) is 5.69 Å². The van der Waals surface area contributed by atoms with E-state index in [1.54, 1.807) is 56.4 Å². The van der Waals surface area contributed by atoms with Crippen LogP contribution in [-0.4, -0.2) is 22.6 Å². The van der Waals surface area contributed by atoms with Gasteiger partial charge in [0.25, 0.3) is 5.56 Å². The van der Waals surface area contributed by atoms with Crippen molar-refractivity contribution in [3.05, 3.63) is 84.1 Å². The van der Waals surface area contributed by atoms with Crippen molar-refractivity contribution in [2.24, 2.45) is 0 Å². The van der Waals surface area contributed by atoms with Crippen LogP contribution in [0, 0.1) is 6.92 Å². The van der Waals surface area contributed by atoms with Crippen molar-refractivity contribution in [2.75, 3.05) is 17.7 Å². The first kappa shape index (κ1) is 21.7. The fourth-order valence-electron chi connectivity index (χ4n) is 3.37. The number of urea groups is 1. The first-order valence-electron chi connectivity index (χ1n) is 9.72. The number of hydrogen-bond donors (Lipinski definition) is 4. The third-order valence-electron chi connectivity index (χ3n) is 4.93. The van der Waals surface area contributed by atoms with E-state index in [9.17, 15) is 14.4 Å². The Kier molecular flexibility index (Phi) is 6.02. The summed E-state index contributed by atoms with van der Waals surface area (Å²) in [4.78, 5) is 41.6. The van der Waals surface area contributed by atoms with Gasteiger partial charge in [-0.15, -0.1) is 11.3 Å². The molecule has 164 valence electrons. The zero-order chi connectivity index (χ0) is 22.8. The lowest BCUT2D eigenvalue weighted by molar-refractivity contribution is 0.252. The fraction of sp³-hybridized carbons (Fsp3) is 0.136. The highest BCUT2D eigenvalue weighted by atomic mass is 35.5.